The number of carbonyl (C=O) groups is 1. The quantitative estimate of drug-likeness (QED) is 0.524. The molecule has 0 aliphatic heterocycles. The maximum atomic E-state index is 10.2. The molecule has 0 atom stereocenters. The van der Waals surface area contributed by atoms with E-state index in [0.717, 1.165) is 6.08 Å². The van der Waals surface area contributed by atoms with Gasteiger partial charge >= 0.3 is 5.97 Å². The van der Waals surface area contributed by atoms with Crippen molar-refractivity contribution in [1.29, 1.82) is 0 Å². The molecule has 0 radical (unpaired) electrons. The summed E-state index contributed by atoms with van der Waals surface area (Å²) in [6.45, 7) is 1.39. The van der Waals surface area contributed by atoms with E-state index in [4.69, 9.17) is 9.66 Å². The largest absolute Gasteiger partial charge is 0.478 e. The molecule has 0 bridgehead atoms. The van der Waals surface area contributed by atoms with Crippen LogP contribution in [0.1, 0.15) is 13.3 Å². The molecule has 2 N–H and O–H groups in total. The van der Waals surface area contributed by atoms with Crippen molar-refractivity contribution in [2.24, 2.45) is 0 Å². The second-order valence-corrected chi connectivity index (χ2v) is 3.62. The Morgan fingerprint density at radius 2 is 2.00 bits per heavy atom. The van der Waals surface area contributed by atoms with Crippen molar-refractivity contribution in [3.63, 3.8) is 0 Å². The van der Waals surface area contributed by atoms with Crippen LogP contribution in [0.4, 0.5) is 0 Å². The van der Waals surface area contributed by atoms with Gasteiger partial charge < -0.3 is 5.11 Å². The number of carboxylic acids is 1. The average Bonchev–Trinajstić information content (AvgIpc) is 1.95. The minimum absolute atomic E-state index is 0.125. The van der Waals surface area contributed by atoms with Gasteiger partial charge in [-0.25, -0.2) is 4.79 Å². The summed E-state index contributed by atoms with van der Waals surface area (Å²) in [5.41, 5.74) is 0.125. The lowest BCUT2D eigenvalue weighted by molar-refractivity contribution is -0.132. The van der Waals surface area contributed by atoms with Crippen molar-refractivity contribution in [2.75, 3.05) is 0 Å². The zero-order valence-electron chi connectivity index (χ0n) is 6.97. The summed E-state index contributed by atoms with van der Waals surface area (Å²) >= 11 is 0. The number of rotatable bonds is 4. The molecule has 0 aromatic carbocycles. The van der Waals surface area contributed by atoms with Gasteiger partial charge in [0.1, 0.15) is 0 Å². The first-order valence-electron chi connectivity index (χ1n) is 3.37. The van der Waals surface area contributed by atoms with Crippen molar-refractivity contribution in [2.45, 2.75) is 13.3 Å². The van der Waals surface area contributed by atoms with Crippen molar-refractivity contribution < 1.29 is 22.9 Å². The Labute approximate surface area is 76.1 Å². The maximum absolute atomic E-state index is 10.2. The predicted octanol–water partition coefficient (Wildman–Crippen LogP) is 0.809. The van der Waals surface area contributed by atoms with Crippen LogP contribution in [0.3, 0.4) is 0 Å². The number of aliphatic carboxylic acids is 1. The Morgan fingerprint density at radius 3 is 2.38 bits per heavy atom. The molecule has 0 saturated heterocycles. The average molecular weight is 206 g/mol. The van der Waals surface area contributed by atoms with Crippen LogP contribution in [-0.4, -0.2) is 24.0 Å². The Hall–Kier alpha value is -1.14. The molecular weight excluding hydrogens is 196 g/mol. The van der Waals surface area contributed by atoms with Gasteiger partial charge in [-0.3, -0.25) is 4.55 Å². The number of hydrogen-bond acceptors (Lipinski definition) is 3. The van der Waals surface area contributed by atoms with Crippen molar-refractivity contribution in [3.05, 3.63) is 23.1 Å². The smallest absolute Gasteiger partial charge is 0.330 e. The highest BCUT2D eigenvalue weighted by atomic mass is 32.2. The Kier molecular flexibility index (Phi) is 4.36. The van der Waals surface area contributed by atoms with Crippen molar-refractivity contribution in [3.8, 4) is 0 Å². The van der Waals surface area contributed by atoms with Crippen LogP contribution in [0.5, 0.6) is 0 Å². The lowest BCUT2D eigenvalue weighted by Gasteiger charge is -1.89. The number of hydrogen-bond donors (Lipinski definition) is 2. The molecule has 13 heavy (non-hydrogen) atoms. The summed E-state index contributed by atoms with van der Waals surface area (Å²) in [6, 6.07) is 0. The molecule has 0 unspecified atom stereocenters. The topological polar surface area (TPSA) is 91.7 Å². The molecule has 6 heteroatoms. The third kappa shape index (κ3) is 7.23. The van der Waals surface area contributed by atoms with E-state index in [0.29, 0.717) is 5.41 Å². The number of carboxylic acid groups (broad SMARTS) is 1. The van der Waals surface area contributed by atoms with Crippen LogP contribution in [0.25, 0.3) is 0 Å². The first kappa shape index (κ1) is 11.9. The molecule has 0 fully saturated rings. The molecule has 0 saturated carbocycles. The lowest BCUT2D eigenvalue weighted by atomic mass is 10.2. The van der Waals surface area contributed by atoms with Gasteiger partial charge in [-0.1, -0.05) is 12.2 Å². The standard InChI is InChI=1S/C7H10O5S/c1-6(7(8)9)4-2-3-5-13(10,11)12/h3-5H,2H2,1H3,(H,8,9)(H,10,11,12). The normalized spacial score (nSPS) is 13.5. The number of allylic oxidation sites excluding steroid dienone is 2. The van der Waals surface area contributed by atoms with Crippen molar-refractivity contribution in [1.82, 2.24) is 0 Å². The third-order valence-electron chi connectivity index (χ3n) is 1.17. The summed E-state index contributed by atoms with van der Waals surface area (Å²) in [5.74, 6) is -1.06. The zero-order valence-corrected chi connectivity index (χ0v) is 7.78. The van der Waals surface area contributed by atoms with Gasteiger partial charge in [0.2, 0.25) is 0 Å². The van der Waals surface area contributed by atoms with Gasteiger partial charge in [0.25, 0.3) is 10.1 Å². The highest BCUT2D eigenvalue weighted by Crippen LogP contribution is 1.97. The third-order valence-corrected chi connectivity index (χ3v) is 1.70. The van der Waals surface area contributed by atoms with E-state index >= 15 is 0 Å². The highest BCUT2D eigenvalue weighted by molar-refractivity contribution is 7.88. The van der Waals surface area contributed by atoms with Gasteiger partial charge in [-0.05, 0) is 13.3 Å². The molecule has 0 aliphatic rings. The SMILES string of the molecule is CC(=CCC=CS(=O)(=O)O)C(=O)O. The molecular formula is C7H10O5S. The zero-order chi connectivity index (χ0) is 10.5. The Morgan fingerprint density at radius 1 is 1.46 bits per heavy atom. The second kappa shape index (κ2) is 4.78. The van der Waals surface area contributed by atoms with Crippen LogP contribution in [0.2, 0.25) is 0 Å². The van der Waals surface area contributed by atoms with Crippen LogP contribution in [0.15, 0.2) is 23.1 Å². The van der Waals surface area contributed by atoms with Crippen LogP contribution in [0, 0.1) is 0 Å². The van der Waals surface area contributed by atoms with Gasteiger partial charge in [-0.2, -0.15) is 8.42 Å². The summed E-state index contributed by atoms with van der Waals surface area (Å²) < 4.78 is 28.5. The van der Waals surface area contributed by atoms with E-state index in [1.807, 2.05) is 0 Å². The van der Waals surface area contributed by atoms with Crippen LogP contribution < -0.4 is 0 Å². The van der Waals surface area contributed by atoms with E-state index in [1.165, 1.54) is 13.0 Å². The highest BCUT2D eigenvalue weighted by Gasteiger charge is 1.97. The van der Waals surface area contributed by atoms with E-state index in [1.54, 1.807) is 0 Å². The fraction of sp³-hybridized carbons (Fsp3) is 0.286. The summed E-state index contributed by atoms with van der Waals surface area (Å²) in [4.78, 5) is 10.2. The second-order valence-electron chi connectivity index (χ2n) is 2.31. The minimum atomic E-state index is -4.10. The van der Waals surface area contributed by atoms with Gasteiger partial charge in [0.15, 0.2) is 0 Å². The maximum Gasteiger partial charge on any atom is 0.330 e. The van der Waals surface area contributed by atoms with E-state index < -0.39 is 16.1 Å². The fourth-order valence-electron chi connectivity index (χ4n) is 0.509. The molecule has 0 aliphatic carbocycles. The molecule has 0 spiro atoms. The lowest BCUT2D eigenvalue weighted by Crippen LogP contribution is -1.95. The van der Waals surface area contributed by atoms with E-state index in [-0.39, 0.29) is 12.0 Å². The Balaban J connectivity index is 4.15. The summed E-state index contributed by atoms with van der Waals surface area (Å²) in [6.07, 6.45) is 2.64. The molecule has 0 aromatic heterocycles. The minimum Gasteiger partial charge on any atom is -0.478 e. The molecule has 0 amide bonds. The Bertz CT molecular complexity index is 336. The molecule has 5 nitrogen and oxygen atoms in total. The van der Waals surface area contributed by atoms with Gasteiger partial charge in [0, 0.05) is 5.57 Å². The van der Waals surface area contributed by atoms with E-state index in [2.05, 4.69) is 0 Å². The molecule has 74 valence electrons. The van der Waals surface area contributed by atoms with Crippen molar-refractivity contribution >= 4 is 16.1 Å². The first-order chi connectivity index (χ1) is 5.83. The predicted molar refractivity (Wildman–Crippen MR) is 46.7 cm³/mol. The van der Waals surface area contributed by atoms with Gasteiger partial charge in [-0.15, -0.1) is 0 Å². The first-order valence-corrected chi connectivity index (χ1v) is 4.87. The van der Waals surface area contributed by atoms with E-state index in [9.17, 15) is 13.2 Å². The fourth-order valence-corrected chi connectivity index (χ4v) is 0.864. The van der Waals surface area contributed by atoms with Gasteiger partial charge in [0.05, 0.1) is 5.41 Å². The monoisotopic (exact) mass is 206 g/mol. The summed E-state index contributed by atoms with van der Waals surface area (Å²) in [7, 11) is -4.10. The molecule has 0 rings (SSSR count). The molecule has 0 heterocycles. The molecule has 0 aromatic rings. The van der Waals surface area contributed by atoms with Crippen LogP contribution >= 0.6 is 0 Å². The summed E-state index contributed by atoms with van der Waals surface area (Å²) in [5, 5.41) is 8.99. The van der Waals surface area contributed by atoms with Crippen LogP contribution in [-0.2, 0) is 14.9 Å².